The number of hydrogen-bond acceptors (Lipinski definition) is 4. The lowest BCUT2D eigenvalue weighted by molar-refractivity contribution is 0.0901. The number of aromatic nitrogens is 1. The number of nitrogens with one attached hydrogen (secondary N) is 1. The minimum atomic E-state index is 0.241. The average Bonchev–Trinajstić information content (AvgIpc) is 2.82. The molecule has 1 aromatic heterocycles. The molecule has 0 radical (unpaired) electrons. The van der Waals surface area contributed by atoms with Gasteiger partial charge in [-0.3, -0.25) is 0 Å². The zero-order valence-electron chi connectivity index (χ0n) is 9.61. The largest absolute Gasteiger partial charge is 0.371 e. The molecular formula is C12H18N2OS. The number of hydrogen-bond donors (Lipinski definition) is 1. The molecule has 1 aromatic rings. The molecule has 1 aliphatic carbocycles. The summed E-state index contributed by atoms with van der Waals surface area (Å²) in [6, 6.07) is 0.791. The van der Waals surface area contributed by atoms with E-state index in [0.717, 1.165) is 29.9 Å². The Labute approximate surface area is 100 Å². The number of aryl methyl sites for hydroxylation is 1. The minimum absolute atomic E-state index is 0.241. The third-order valence-electron chi connectivity index (χ3n) is 3.34. The van der Waals surface area contributed by atoms with Gasteiger partial charge in [0.05, 0.1) is 0 Å². The summed E-state index contributed by atoms with van der Waals surface area (Å²) in [4.78, 5) is 4.55. The van der Waals surface area contributed by atoms with Crippen LogP contribution in [-0.4, -0.2) is 24.2 Å². The highest BCUT2D eigenvalue weighted by Crippen LogP contribution is 2.36. The molecule has 0 spiro atoms. The monoisotopic (exact) mass is 238 g/mol. The van der Waals surface area contributed by atoms with Crippen molar-refractivity contribution >= 4 is 11.3 Å². The van der Waals surface area contributed by atoms with E-state index in [-0.39, 0.29) is 6.10 Å². The van der Waals surface area contributed by atoms with Crippen molar-refractivity contribution in [3.8, 4) is 0 Å². The van der Waals surface area contributed by atoms with Crippen molar-refractivity contribution in [2.24, 2.45) is 5.92 Å². The van der Waals surface area contributed by atoms with Gasteiger partial charge in [-0.05, 0) is 26.2 Å². The highest BCUT2D eigenvalue weighted by molar-refractivity contribution is 7.09. The molecule has 2 aliphatic rings. The SMILES string of the molecule is Cc1csc(C2OCCC2CNC2CC2)n1. The van der Waals surface area contributed by atoms with Crippen LogP contribution in [0.2, 0.25) is 0 Å². The lowest BCUT2D eigenvalue weighted by atomic mass is 10.0. The Morgan fingerprint density at radius 1 is 1.50 bits per heavy atom. The van der Waals surface area contributed by atoms with E-state index in [2.05, 4.69) is 15.7 Å². The summed E-state index contributed by atoms with van der Waals surface area (Å²) in [5.74, 6) is 0.617. The molecule has 3 nitrogen and oxygen atoms in total. The van der Waals surface area contributed by atoms with Crippen LogP contribution in [0.25, 0.3) is 0 Å². The third-order valence-corrected chi connectivity index (χ3v) is 4.36. The maximum atomic E-state index is 5.83. The molecular weight excluding hydrogens is 220 g/mol. The first-order valence-electron chi connectivity index (χ1n) is 6.10. The summed E-state index contributed by atoms with van der Waals surface area (Å²) in [6.45, 7) is 4.03. The molecule has 4 heteroatoms. The van der Waals surface area contributed by atoms with E-state index >= 15 is 0 Å². The maximum absolute atomic E-state index is 5.83. The molecule has 16 heavy (non-hydrogen) atoms. The van der Waals surface area contributed by atoms with Crippen LogP contribution < -0.4 is 5.32 Å². The first kappa shape index (κ1) is 10.7. The predicted molar refractivity (Wildman–Crippen MR) is 64.7 cm³/mol. The van der Waals surface area contributed by atoms with Crippen LogP contribution in [0.3, 0.4) is 0 Å². The predicted octanol–water partition coefficient (Wildman–Crippen LogP) is 2.28. The van der Waals surface area contributed by atoms with Crippen molar-refractivity contribution in [2.75, 3.05) is 13.2 Å². The highest BCUT2D eigenvalue weighted by Gasteiger charge is 2.33. The van der Waals surface area contributed by atoms with Crippen LogP contribution in [0.4, 0.5) is 0 Å². The second-order valence-corrected chi connectivity index (χ2v) is 5.74. The van der Waals surface area contributed by atoms with Crippen LogP contribution in [-0.2, 0) is 4.74 Å². The zero-order chi connectivity index (χ0) is 11.0. The Hall–Kier alpha value is -0.450. The number of ether oxygens (including phenoxy) is 1. The van der Waals surface area contributed by atoms with Crippen LogP contribution >= 0.6 is 11.3 Å². The minimum Gasteiger partial charge on any atom is -0.371 e. The van der Waals surface area contributed by atoms with E-state index < -0.39 is 0 Å². The summed E-state index contributed by atoms with van der Waals surface area (Å²) >= 11 is 1.74. The fourth-order valence-corrected chi connectivity index (χ4v) is 3.16. The van der Waals surface area contributed by atoms with Crippen LogP contribution in [0.1, 0.15) is 36.1 Å². The summed E-state index contributed by atoms with van der Waals surface area (Å²) in [6.07, 6.45) is 4.12. The fourth-order valence-electron chi connectivity index (χ4n) is 2.22. The van der Waals surface area contributed by atoms with Gasteiger partial charge >= 0.3 is 0 Å². The lowest BCUT2D eigenvalue weighted by Gasteiger charge is -2.16. The summed E-state index contributed by atoms with van der Waals surface area (Å²) < 4.78 is 5.83. The van der Waals surface area contributed by atoms with Gasteiger partial charge < -0.3 is 10.1 Å². The normalized spacial score (nSPS) is 29.8. The second-order valence-electron chi connectivity index (χ2n) is 4.85. The standard InChI is InChI=1S/C12H18N2OS/c1-8-7-16-12(14-8)11-9(4-5-15-11)6-13-10-2-3-10/h7,9-11,13H,2-6H2,1H3. The molecule has 1 N–H and O–H groups in total. The van der Waals surface area contributed by atoms with E-state index in [1.165, 1.54) is 19.3 Å². The Morgan fingerprint density at radius 3 is 3.06 bits per heavy atom. The van der Waals surface area contributed by atoms with E-state index in [1.54, 1.807) is 11.3 Å². The molecule has 3 rings (SSSR count). The van der Waals surface area contributed by atoms with E-state index in [1.807, 2.05) is 6.92 Å². The van der Waals surface area contributed by atoms with Gasteiger partial charge in [0.1, 0.15) is 11.1 Å². The molecule has 1 saturated carbocycles. The number of thiazole rings is 1. The van der Waals surface area contributed by atoms with E-state index in [4.69, 9.17) is 4.74 Å². The van der Waals surface area contributed by atoms with Crippen molar-refractivity contribution in [3.05, 3.63) is 16.1 Å². The van der Waals surface area contributed by atoms with Crippen LogP contribution in [0.15, 0.2) is 5.38 Å². The first-order valence-corrected chi connectivity index (χ1v) is 6.98. The van der Waals surface area contributed by atoms with E-state index in [9.17, 15) is 0 Å². The first-order chi connectivity index (χ1) is 7.83. The van der Waals surface area contributed by atoms with Gasteiger partial charge in [-0.15, -0.1) is 11.3 Å². The average molecular weight is 238 g/mol. The smallest absolute Gasteiger partial charge is 0.122 e. The topological polar surface area (TPSA) is 34.1 Å². The van der Waals surface area contributed by atoms with Gasteiger partial charge in [0.2, 0.25) is 0 Å². The highest BCUT2D eigenvalue weighted by atomic mass is 32.1. The van der Waals surface area contributed by atoms with Gasteiger partial charge in [-0.2, -0.15) is 0 Å². The van der Waals surface area contributed by atoms with Gasteiger partial charge in [0.15, 0.2) is 0 Å². The van der Waals surface area contributed by atoms with Crippen molar-refractivity contribution in [1.29, 1.82) is 0 Å². The van der Waals surface area contributed by atoms with Crippen LogP contribution in [0.5, 0.6) is 0 Å². The van der Waals surface area contributed by atoms with Crippen molar-refractivity contribution in [1.82, 2.24) is 10.3 Å². The lowest BCUT2D eigenvalue weighted by Crippen LogP contribution is -2.26. The molecule has 0 bridgehead atoms. The second kappa shape index (κ2) is 4.43. The molecule has 2 fully saturated rings. The van der Waals surface area contributed by atoms with E-state index in [0.29, 0.717) is 5.92 Å². The molecule has 2 atom stereocenters. The Morgan fingerprint density at radius 2 is 2.38 bits per heavy atom. The Bertz CT molecular complexity index is 362. The third kappa shape index (κ3) is 2.29. The maximum Gasteiger partial charge on any atom is 0.122 e. The van der Waals surface area contributed by atoms with Gasteiger partial charge in [0, 0.05) is 36.2 Å². The summed E-state index contributed by atoms with van der Waals surface area (Å²) in [5.41, 5.74) is 1.12. The molecule has 88 valence electrons. The summed E-state index contributed by atoms with van der Waals surface area (Å²) in [7, 11) is 0. The van der Waals surface area contributed by atoms with Gasteiger partial charge in [0.25, 0.3) is 0 Å². The van der Waals surface area contributed by atoms with Crippen molar-refractivity contribution in [2.45, 2.75) is 38.3 Å². The Balaban J connectivity index is 1.63. The molecule has 0 aromatic carbocycles. The number of rotatable bonds is 4. The zero-order valence-corrected chi connectivity index (χ0v) is 10.4. The molecule has 2 heterocycles. The number of nitrogens with zero attached hydrogens (tertiary/aromatic N) is 1. The van der Waals surface area contributed by atoms with Gasteiger partial charge in [-0.1, -0.05) is 0 Å². The molecule has 2 unspecified atom stereocenters. The van der Waals surface area contributed by atoms with Crippen molar-refractivity contribution in [3.63, 3.8) is 0 Å². The quantitative estimate of drug-likeness (QED) is 0.874. The van der Waals surface area contributed by atoms with Crippen LogP contribution in [0, 0.1) is 12.8 Å². The molecule has 1 aliphatic heterocycles. The van der Waals surface area contributed by atoms with Crippen molar-refractivity contribution < 1.29 is 4.74 Å². The molecule has 0 amide bonds. The fraction of sp³-hybridized carbons (Fsp3) is 0.750. The van der Waals surface area contributed by atoms with Gasteiger partial charge in [-0.25, -0.2) is 4.98 Å². The molecule has 1 saturated heterocycles. The Kier molecular flexibility index (Phi) is 2.96. The summed E-state index contributed by atoms with van der Waals surface area (Å²) in [5, 5.41) is 6.88.